The van der Waals surface area contributed by atoms with Gasteiger partial charge in [0.2, 0.25) is 0 Å². The molecule has 74 heavy (non-hydrogen) atoms. The fourth-order valence-corrected chi connectivity index (χ4v) is 11.5. The van der Waals surface area contributed by atoms with E-state index in [9.17, 15) is 0 Å². The second-order valence-electron chi connectivity index (χ2n) is 22.2. The van der Waals surface area contributed by atoms with Crippen LogP contribution in [0.3, 0.4) is 0 Å². The van der Waals surface area contributed by atoms with Crippen LogP contribution in [0.2, 0.25) is 0 Å². The van der Waals surface area contributed by atoms with Crippen LogP contribution in [0.5, 0.6) is 0 Å². The van der Waals surface area contributed by atoms with Crippen LogP contribution in [0.4, 0.5) is 17.1 Å². The molecule has 0 spiro atoms. The van der Waals surface area contributed by atoms with Crippen LogP contribution >= 0.6 is 0 Å². The van der Waals surface area contributed by atoms with Gasteiger partial charge < -0.3 is 9.47 Å². The first-order chi connectivity index (χ1) is 36.0. The van der Waals surface area contributed by atoms with Gasteiger partial charge in [0.1, 0.15) is 0 Å². The minimum Gasteiger partial charge on any atom is -0.310 e. The maximum atomic E-state index is 2.53. The summed E-state index contributed by atoms with van der Waals surface area (Å²) in [7, 11) is 0. The average Bonchev–Trinajstić information content (AvgIpc) is 3.76. The number of rotatable bonds is 8. The van der Waals surface area contributed by atoms with Crippen molar-refractivity contribution in [1.82, 2.24) is 4.57 Å². The molecule has 0 bridgehead atoms. The highest BCUT2D eigenvalue weighted by atomic mass is 15.1. The first kappa shape index (κ1) is 45.2. The van der Waals surface area contributed by atoms with E-state index in [1.165, 1.54) is 104 Å². The van der Waals surface area contributed by atoms with Crippen molar-refractivity contribution in [3.05, 3.63) is 254 Å². The molecule has 0 aliphatic rings. The minimum absolute atomic E-state index is 0.0185. The molecule has 0 saturated carbocycles. The highest BCUT2D eigenvalue weighted by Crippen LogP contribution is 2.48. The van der Waals surface area contributed by atoms with E-state index in [-0.39, 0.29) is 10.8 Å². The summed E-state index contributed by atoms with van der Waals surface area (Å²) in [4.78, 5) is 2.49. The Bertz CT molecular complexity index is 4100. The lowest BCUT2D eigenvalue weighted by Gasteiger charge is -2.29. The fraction of sp³-hybridized carbons (Fsp3) is 0.111. The standard InChI is InChI=1S/C72H58N2/c1-71(2,3)55-32-40-67-63(45-55)64-46-56(72(4,5)6)33-41-68(64)74(67)66-39-31-52-28-36-61-65(38-30-51-29-37-62(66)70(52)69(51)61)73(57-34-26-50(27-35-57)60-25-17-16-24-59(60)49-22-14-9-15-23-49)58-43-53(47-18-10-7-11-19-47)42-54(44-58)48-20-12-8-13-21-48/h7-46H,1-6H3. The number of hydrogen-bond acceptors (Lipinski definition) is 1. The fourth-order valence-electron chi connectivity index (χ4n) is 11.5. The van der Waals surface area contributed by atoms with E-state index in [1.54, 1.807) is 0 Å². The Hall–Kier alpha value is -8.72. The summed E-state index contributed by atoms with van der Waals surface area (Å²) in [5.41, 5.74) is 19.2. The molecular weight excluding hydrogens is 893 g/mol. The molecule has 356 valence electrons. The number of fused-ring (bicyclic) bond motifs is 3. The topological polar surface area (TPSA) is 8.17 Å². The van der Waals surface area contributed by atoms with Crippen LogP contribution in [-0.4, -0.2) is 4.57 Å². The minimum atomic E-state index is 0.0185. The van der Waals surface area contributed by atoms with Gasteiger partial charge in [-0.3, -0.25) is 0 Å². The van der Waals surface area contributed by atoms with E-state index in [0.717, 1.165) is 28.2 Å². The zero-order valence-corrected chi connectivity index (χ0v) is 43.0. The Morgan fingerprint density at radius 3 is 1.28 bits per heavy atom. The summed E-state index contributed by atoms with van der Waals surface area (Å²) in [5, 5.41) is 10.0. The lowest BCUT2D eigenvalue weighted by Crippen LogP contribution is -2.11. The molecular formula is C72H58N2. The Labute approximate surface area is 434 Å². The second-order valence-corrected chi connectivity index (χ2v) is 22.2. The largest absolute Gasteiger partial charge is 0.310 e. The van der Waals surface area contributed by atoms with Gasteiger partial charge in [0, 0.05) is 32.9 Å². The van der Waals surface area contributed by atoms with Gasteiger partial charge in [-0.2, -0.15) is 0 Å². The lowest BCUT2D eigenvalue weighted by atomic mass is 9.85. The Balaban J connectivity index is 1.05. The number of hydrogen-bond donors (Lipinski definition) is 0. The van der Waals surface area contributed by atoms with Gasteiger partial charge in [0.05, 0.1) is 22.4 Å². The first-order valence-electron chi connectivity index (χ1n) is 26.1. The molecule has 0 N–H and O–H groups in total. The monoisotopic (exact) mass is 950 g/mol. The van der Waals surface area contributed by atoms with Crippen LogP contribution in [0, 0.1) is 0 Å². The van der Waals surface area contributed by atoms with E-state index < -0.39 is 0 Å². The predicted octanol–water partition coefficient (Wildman–Crippen LogP) is 20.4. The predicted molar refractivity (Wildman–Crippen MR) is 318 cm³/mol. The smallest absolute Gasteiger partial charge is 0.0541 e. The third-order valence-corrected chi connectivity index (χ3v) is 15.4. The number of aromatic nitrogens is 1. The van der Waals surface area contributed by atoms with E-state index >= 15 is 0 Å². The van der Waals surface area contributed by atoms with E-state index in [2.05, 4.69) is 294 Å². The second kappa shape index (κ2) is 17.5. The average molecular weight is 951 g/mol. The third kappa shape index (κ3) is 7.72. The summed E-state index contributed by atoms with van der Waals surface area (Å²) in [6.07, 6.45) is 0. The Kier molecular flexibility index (Phi) is 10.7. The van der Waals surface area contributed by atoms with Gasteiger partial charge >= 0.3 is 0 Å². The quantitative estimate of drug-likeness (QED) is 0.138. The normalized spacial score (nSPS) is 12.2. The van der Waals surface area contributed by atoms with Crippen LogP contribution in [0.15, 0.2) is 243 Å². The molecule has 0 aliphatic heterocycles. The number of benzene rings is 12. The van der Waals surface area contributed by atoms with Gasteiger partial charge in [-0.1, -0.05) is 217 Å². The Morgan fingerprint density at radius 1 is 0.311 bits per heavy atom. The zero-order valence-electron chi connectivity index (χ0n) is 43.0. The van der Waals surface area contributed by atoms with Crippen LogP contribution in [0.1, 0.15) is 52.7 Å². The van der Waals surface area contributed by atoms with Crippen molar-refractivity contribution in [2.75, 3.05) is 4.90 Å². The van der Waals surface area contributed by atoms with E-state index in [1.807, 2.05) is 0 Å². The van der Waals surface area contributed by atoms with Crippen LogP contribution in [-0.2, 0) is 10.8 Å². The van der Waals surface area contributed by atoms with Gasteiger partial charge in [-0.05, 0) is 155 Å². The SMILES string of the molecule is CC(C)(C)c1ccc2c(c1)c1cc(C(C)(C)C)ccc1n2-c1ccc2ccc3c(N(c4ccc(-c5ccccc5-c5ccccc5)cc4)c4cc(-c5ccccc5)cc(-c5ccccc5)c4)ccc4ccc1c2c43. The molecule has 1 heterocycles. The molecule has 12 aromatic carbocycles. The highest BCUT2D eigenvalue weighted by molar-refractivity contribution is 6.27. The molecule has 0 atom stereocenters. The van der Waals surface area contributed by atoms with Crippen molar-refractivity contribution < 1.29 is 0 Å². The highest BCUT2D eigenvalue weighted by Gasteiger charge is 2.25. The third-order valence-electron chi connectivity index (χ3n) is 15.4. The molecule has 0 saturated heterocycles. The van der Waals surface area contributed by atoms with Crippen LogP contribution < -0.4 is 4.90 Å². The van der Waals surface area contributed by atoms with Crippen LogP contribution in [0.25, 0.3) is 104 Å². The van der Waals surface area contributed by atoms with Crippen molar-refractivity contribution >= 4 is 71.2 Å². The molecule has 0 aliphatic carbocycles. The van der Waals surface area contributed by atoms with Crippen molar-refractivity contribution in [2.45, 2.75) is 52.4 Å². The van der Waals surface area contributed by atoms with E-state index in [4.69, 9.17) is 0 Å². The van der Waals surface area contributed by atoms with Crippen molar-refractivity contribution in [1.29, 1.82) is 0 Å². The molecule has 0 unspecified atom stereocenters. The molecule has 0 fully saturated rings. The maximum Gasteiger partial charge on any atom is 0.0541 e. The Morgan fingerprint density at radius 2 is 0.757 bits per heavy atom. The number of anilines is 3. The molecule has 13 aromatic rings. The first-order valence-corrected chi connectivity index (χ1v) is 26.1. The summed E-state index contributed by atoms with van der Waals surface area (Å²) in [5.74, 6) is 0. The number of nitrogens with zero attached hydrogens (tertiary/aromatic N) is 2. The van der Waals surface area contributed by atoms with Gasteiger partial charge in [0.15, 0.2) is 0 Å². The van der Waals surface area contributed by atoms with Gasteiger partial charge in [-0.25, -0.2) is 0 Å². The van der Waals surface area contributed by atoms with Gasteiger partial charge in [0.25, 0.3) is 0 Å². The van der Waals surface area contributed by atoms with Gasteiger partial charge in [-0.15, -0.1) is 0 Å². The summed E-state index contributed by atoms with van der Waals surface area (Å²) in [6.45, 7) is 13.9. The lowest BCUT2D eigenvalue weighted by molar-refractivity contribution is 0.590. The zero-order chi connectivity index (χ0) is 50.3. The molecule has 1 aromatic heterocycles. The van der Waals surface area contributed by atoms with E-state index in [0.29, 0.717) is 0 Å². The molecule has 13 rings (SSSR count). The van der Waals surface area contributed by atoms with Crippen molar-refractivity contribution in [3.8, 4) is 50.2 Å². The van der Waals surface area contributed by atoms with Crippen molar-refractivity contribution in [3.63, 3.8) is 0 Å². The maximum absolute atomic E-state index is 2.53. The summed E-state index contributed by atoms with van der Waals surface area (Å²) >= 11 is 0. The molecule has 0 amide bonds. The molecule has 2 nitrogen and oxygen atoms in total. The van der Waals surface area contributed by atoms with Crippen molar-refractivity contribution in [2.24, 2.45) is 0 Å². The molecule has 2 heteroatoms. The summed E-state index contributed by atoms with van der Waals surface area (Å²) < 4.78 is 2.53. The molecule has 0 radical (unpaired) electrons. The summed E-state index contributed by atoms with van der Waals surface area (Å²) in [6, 6.07) is 90.4.